The molecule has 0 unspecified atom stereocenters. The summed E-state index contributed by atoms with van der Waals surface area (Å²) >= 11 is 0. The molecule has 1 N–H and O–H groups in total. The molecule has 0 bridgehead atoms. The number of aryl methyl sites for hydroxylation is 1. The predicted molar refractivity (Wildman–Crippen MR) is 96.5 cm³/mol. The molecule has 130 valence electrons. The first-order chi connectivity index (χ1) is 12.0. The molecule has 0 aliphatic carbocycles. The summed E-state index contributed by atoms with van der Waals surface area (Å²) in [5.74, 6) is 0.623. The van der Waals surface area contributed by atoms with E-state index in [2.05, 4.69) is 19.2 Å². The van der Waals surface area contributed by atoms with E-state index < -0.39 is 0 Å². The van der Waals surface area contributed by atoms with Crippen LogP contribution in [0, 0.1) is 11.7 Å². The van der Waals surface area contributed by atoms with Crippen LogP contribution in [-0.2, 0) is 18.3 Å². The standard InChI is InChI=1S/C20H22FN3O/c1-13(2)19(20-22-16-6-4-5-7-17(16)24(20)3)23-18(25)12-14-8-10-15(21)11-9-14/h4-11,13,19H,12H2,1-3H3,(H,23,25)/t19-/m1/s1. The lowest BCUT2D eigenvalue weighted by molar-refractivity contribution is -0.121. The number of benzene rings is 2. The first-order valence-electron chi connectivity index (χ1n) is 8.41. The number of para-hydroxylation sites is 2. The van der Waals surface area contributed by atoms with Crippen LogP contribution in [0.1, 0.15) is 31.3 Å². The van der Waals surface area contributed by atoms with Crippen molar-refractivity contribution >= 4 is 16.9 Å². The number of carbonyl (C=O) groups excluding carboxylic acids is 1. The van der Waals surface area contributed by atoms with E-state index in [0.29, 0.717) is 0 Å². The van der Waals surface area contributed by atoms with Gasteiger partial charge in [0.1, 0.15) is 11.6 Å². The van der Waals surface area contributed by atoms with Crippen molar-refractivity contribution in [2.75, 3.05) is 0 Å². The minimum absolute atomic E-state index is 0.0997. The van der Waals surface area contributed by atoms with Gasteiger partial charge in [-0.3, -0.25) is 4.79 Å². The number of nitrogens with one attached hydrogen (secondary N) is 1. The lowest BCUT2D eigenvalue weighted by Gasteiger charge is -2.22. The van der Waals surface area contributed by atoms with Crippen molar-refractivity contribution < 1.29 is 9.18 Å². The Kier molecular flexibility index (Phi) is 4.83. The van der Waals surface area contributed by atoms with Gasteiger partial charge < -0.3 is 9.88 Å². The molecule has 0 saturated carbocycles. The highest BCUT2D eigenvalue weighted by Gasteiger charge is 2.23. The Bertz CT molecular complexity index is 884. The van der Waals surface area contributed by atoms with Crippen LogP contribution in [-0.4, -0.2) is 15.5 Å². The summed E-state index contributed by atoms with van der Waals surface area (Å²) in [5.41, 5.74) is 2.74. The van der Waals surface area contributed by atoms with Crippen LogP contribution in [0.25, 0.3) is 11.0 Å². The molecule has 5 heteroatoms. The van der Waals surface area contributed by atoms with Crippen LogP contribution in [0.15, 0.2) is 48.5 Å². The summed E-state index contributed by atoms with van der Waals surface area (Å²) in [5, 5.41) is 3.08. The fraction of sp³-hybridized carbons (Fsp3) is 0.300. The highest BCUT2D eigenvalue weighted by Crippen LogP contribution is 2.24. The molecule has 4 nitrogen and oxygen atoms in total. The molecular weight excluding hydrogens is 317 g/mol. The van der Waals surface area contributed by atoms with Gasteiger partial charge in [-0.05, 0) is 35.7 Å². The van der Waals surface area contributed by atoms with Crippen LogP contribution in [0.3, 0.4) is 0 Å². The van der Waals surface area contributed by atoms with Crippen molar-refractivity contribution in [3.8, 4) is 0 Å². The Hall–Kier alpha value is -2.69. The van der Waals surface area contributed by atoms with Crippen LogP contribution < -0.4 is 5.32 Å². The van der Waals surface area contributed by atoms with E-state index in [0.717, 1.165) is 22.4 Å². The number of fused-ring (bicyclic) bond motifs is 1. The molecule has 0 fully saturated rings. The number of imidazole rings is 1. The number of amides is 1. The highest BCUT2D eigenvalue weighted by atomic mass is 19.1. The van der Waals surface area contributed by atoms with Crippen molar-refractivity contribution in [1.82, 2.24) is 14.9 Å². The van der Waals surface area contributed by atoms with Gasteiger partial charge in [-0.1, -0.05) is 38.1 Å². The van der Waals surface area contributed by atoms with E-state index in [4.69, 9.17) is 4.98 Å². The second-order valence-corrected chi connectivity index (χ2v) is 6.61. The fourth-order valence-corrected chi connectivity index (χ4v) is 2.98. The normalized spacial score (nSPS) is 12.5. The summed E-state index contributed by atoms with van der Waals surface area (Å²) in [4.78, 5) is 17.2. The molecule has 0 radical (unpaired) electrons. The van der Waals surface area contributed by atoms with E-state index in [-0.39, 0.29) is 30.1 Å². The molecule has 1 atom stereocenters. The molecule has 0 saturated heterocycles. The van der Waals surface area contributed by atoms with Gasteiger partial charge in [-0.15, -0.1) is 0 Å². The quantitative estimate of drug-likeness (QED) is 0.769. The molecule has 0 aliphatic heterocycles. The minimum atomic E-state index is -0.302. The molecule has 0 spiro atoms. The first kappa shape index (κ1) is 17.1. The average molecular weight is 339 g/mol. The molecule has 0 aliphatic rings. The smallest absolute Gasteiger partial charge is 0.225 e. The van der Waals surface area contributed by atoms with Gasteiger partial charge in [0.25, 0.3) is 0 Å². The second-order valence-electron chi connectivity index (χ2n) is 6.61. The maximum Gasteiger partial charge on any atom is 0.225 e. The molecule has 3 aromatic rings. The van der Waals surface area contributed by atoms with Crippen LogP contribution in [0.4, 0.5) is 4.39 Å². The monoisotopic (exact) mass is 339 g/mol. The summed E-state index contributed by atoms with van der Waals surface area (Å²) < 4.78 is 15.0. The van der Waals surface area contributed by atoms with E-state index in [1.165, 1.54) is 12.1 Å². The van der Waals surface area contributed by atoms with Crippen molar-refractivity contribution in [3.05, 3.63) is 65.7 Å². The number of nitrogens with zero attached hydrogens (tertiary/aromatic N) is 2. The van der Waals surface area contributed by atoms with Crippen molar-refractivity contribution in [2.24, 2.45) is 13.0 Å². The van der Waals surface area contributed by atoms with E-state index in [1.54, 1.807) is 12.1 Å². The van der Waals surface area contributed by atoms with Crippen LogP contribution in [0.5, 0.6) is 0 Å². The number of hydrogen-bond acceptors (Lipinski definition) is 2. The van der Waals surface area contributed by atoms with Gasteiger partial charge in [-0.25, -0.2) is 9.37 Å². The topological polar surface area (TPSA) is 46.9 Å². The zero-order valence-corrected chi connectivity index (χ0v) is 14.7. The fourth-order valence-electron chi connectivity index (χ4n) is 2.98. The Morgan fingerprint density at radius 3 is 2.48 bits per heavy atom. The van der Waals surface area contributed by atoms with Crippen LogP contribution >= 0.6 is 0 Å². The largest absolute Gasteiger partial charge is 0.346 e. The first-order valence-corrected chi connectivity index (χ1v) is 8.41. The number of hydrogen-bond donors (Lipinski definition) is 1. The molecule has 2 aromatic carbocycles. The second kappa shape index (κ2) is 7.05. The lowest BCUT2D eigenvalue weighted by atomic mass is 10.0. The van der Waals surface area contributed by atoms with Gasteiger partial charge >= 0.3 is 0 Å². The predicted octanol–water partition coefficient (Wildman–Crippen LogP) is 3.77. The third-order valence-corrected chi connectivity index (χ3v) is 4.36. The third kappa shape index (κ3) is 3.71. The Balaban J connectivity index is 1.82. The van der Waals surface area contributed by atoms with Crippen molar-refractivity contribution in [1.29, 1.82) is 0 Å². The number of rotatable bonds is 5. The van der Waals surface area contributed by atoms with Crippen molar-refractivity contribution in [2.45, 2.75) is 26.3 Å². The molecule has 1 heterocycles. The van der Waals surface area contributed by atoms with Gasteiger partial charge in [-0.2, -0.15) is 0 Å². The number of halogens is 1. The van der Waals surface area contributed by atoms with E-state index in [9.17, 15) is 9.18 Å². The van der Waals surface area contributed by atoms with Crippen molar-refractivity contribution in [3.63, 3.8) is 0 Å². The average Bonchev–Trinajstić information content (AvgIpc) is 2.91. The third-order valence-electron chi connectivity index (χ3n) is 4.36. The SMILES string of the molecule is CC(C)[C@@H](NC(=O)Cc1ccc(F)cc1)c1nc2ccccc2n1C. The maximum absolute atomic E-state index is 13.0. The molecular formula is C20H22FN3O. The van der Waals surface area contributed by atoms with Crippen LogP contribution in [0.2, 0.25) is 0 Å². The number of aromatic nitrogens is 2. The highest BCUT2D eigenvalue weighted by molar-refractivity contribution is 5.79. The summed E-state index contributed by atoms with van der Waals surface area (Å²) in [6.45, 7) is 4.12. The van der Waals surface area contributed by atoms with E-state index in [1.807, 2.05) is 35.9 Å². The summed E-state index contributed by atoms with van der Waals surface area (Å²) in [7, 11) is 1.96. The summed E-state index contributed by atoms with van der Waals surface area (Å²) in [6, 6.07) is 13.7. The van der Waals surface area contributed by atoms with Gasteiger partial charge in [0.15, 0.2) is 0 Å². The number of carbonyl (C=O) groups is 1. The zero-order valence-electron chi connectivity index (χ0n) is 14.7. The Morgan fingerprint density at radius 2 is 1.84 bits per heavy atom. The minimum Gasteiger partial charge on any atom is -0.346 e. The Labute approximate surface area is 146 Å². The van der Waals surface area contributed by atoms with E-state index >= 15 is 0 Å². The molecule has 1 amide bonds. The lowest BCUT2D eigenvalue weighted by Crippen LogP contribution is -2.34. The zero-order chi connectivity index (χ0) is 18.0. The summed E-state index contributed by atoms with van der Waals surface area (Å²) in [6.07, 6.45) is 0.216. The van der Waals surface area contributed by atoms with Gasteiger partial charge in [0.05, 0.1) is 23.5 Å². The van der Waals surface area contributed by atoms with Gasteiger partial charge in [0, 0.05) is 7.05 Å². The molecule has 3 rings (SSSR count). The Morgan fingerprint density at radius 1 is 1.16 bits per heavy atom. The maximum atomic E-state index is 13.0. The molecule has 1 aromatic heterocycles. The van der Waals surface area contributed by atoms with Gasteiger partial charge in [0.2, 0.25) is 5.91 Å². The molecule has 25 heavy (non-hydrogen) atoms.